The lowest BCUT2D eigenvalue weighted by atomic mass is 10.1. The Morgan fingerprint density at radius 1 is 1.00 bits per heavy atom. The highest BCUT2D eigenvalue weighted by Gasteiger charge is 2.11. The minimum atomic E-state index is -0.156. The van der Waals surface area contributed by atoms with E-state index in [9.17, 15) is 4.79 Å². The van der Waals surface area contributed by atoms with Gasteiger partial charge >= 0.3 is 0 Å². The van der Waals surface area contributed by atoms with E-state index in [0.29, 0.717) is 22.9 Å². The van der Waals surface area contributed by atoms with E-state index in [1.807, 2.05) is 55.5 Å². The van der Waals surface area contributed by atoms with E-state index in [1.165, 1.54) is 6.33 Å². The van der Waals surface area contributed by atoms with Gasteiger partial charge in [0.05, 0.1) is 6.20 Å². The summed E-state index contributed by atoms with van der Waals surface area (Å²) < 4.78 is 1.69. The molecular formula is C22H21N7O. The summed E-state index contributed by atoms with van der Waals surface area (Å²) in [5.74, 6) is 1.91. The Labute approximate surface area is 174 Å². The van der Waals surface area contributed by atoms with Crippen LogP contribution < -0.4 is 16.0 Å². The van der Waals surface area contributed by atoms with Gasteiger partial charge in [0.25, 0.3) is 5.91 Å². The third kappa shape index (κ3) is 4.12. The number of carbonyl (C=O) groups excluding carboxylic acids is 1. The molecule has 1 amide bonds. The first-order valence-corrected chi connectivity index (χ1v) is 9.42. The zero-order valence-electron chi connectivity index (χ0n) is 16.6. The lowest BCUT2D eigenvalue weighted by Gasteiger charge is -2.14. The van der Waals surface area contributed by atoms with Gasteiger partial charge in [-0.2, -0.15) is 9.78 Å². The fraction of sp³-hybridized carbons (Fsp3) is 0.0909. The lowest BCUT2D eigenvalue weighted by molar-refractivity contribution is 0.102. The molecule has 2 aromatic carbocycles. The minimum absolute atomic E-state index is 0.156. The molecule has 2 heterocycles. The Balaban J connectivity index is 1.58. The molecule has 0 aliphatic heterocycles. The van der Waals surface area contributed by atoms with E-state index >= 15 is 0 Å². The van der Waals surface area contributed by atoms with E-state index < -0.39 is 0 Å². The molecule has 4 aromatic rings. The highest BCUT2D eigenvalue weighted by Crippen LogP contribution is 2.26. The molecule has 0 fully saturated rings. The Hall–Kier alpha value is -4.20. The first-order chi connectivity index (χ1) is 14.6. The number of amides is 1. The summed E-state index contributed by atoms with van der Waals surface area (Å²) in [7, 11) is 1.80. The molecule has 2 aromatic heterocycles. The Kier molecular flexibility index (Phi) is 5.38. The maximum absolute atomic E-state index is 12.5. The van der Waals surface area contributed by atoms with Crippen LogP contribution in [0.25, 0.3) is 5.82 Å². The van der Waals surface area contributed by atoms with Crippen molar-refractivity contribution in [3.8, 4) is 5.82 Å². The zero-order valence-corrected chi connectivity index (χ0v) is 16.6. The molecule has 8 nitrogen and oxygen atoms in total. The molecule has 150 valence electrons. The third-order valence-electron chi connectivity index (χ3n) is 4.56. The second kappa shape index (κ2) is 8.44. The first kappa shape index (κ1) is 19.1. The molecule has 0 unspecified atom stereocenters. The largest absolute Gasteiger partial charge is 0.373 e. The third-order valence-corrected chi connectivity index (χ3v) is 4.56. The fourth-order valence-electron chi connectivity index (χ4n) is 2.95. The predicted octanol–water partition coefficient (Wildman–Crippen LogP) is 4.01. The van der Waals surface area contributed by atoms with Crippen LogP contribution in [-0.4, -0.2) is 32.7 Å². The number of rotatable bonds is 6. The Morgan fingerprint density at radius 2 is 1.83 bits per heavy atom. The van der Waals surface area contributed by atoms with Gasteiger partial charge in [0, 0.05) is 36.1 Å². The number of anilines is 4. The van der Waals surface area contributed by atoms with Crippen LogP contribution in [0.4, 0.5) is 23.0 Å². The number of nitrogens with one attached hydrogen (secondary N) is 3. The summed E-state index contributed by atoms with van der Waals surface area (Å²) >= 11 is 0. The Bertz CT molecular complexity index is 1170. The van der Waals surface area contributed by atoms with Crippen molar-refractivity contribution in [2.75, 3.05) is 23.0 Å². The van der Waals surface area contributed by atoms with Crippen LogP contribution in [0.2, 0.25) is 0 Å². The summed E-state index contributed by atoms with van der Waals surface area (Å²) in [6.45, 7) is 2.00. The van der Waals surface area contributed by atoms with Gasteiger partial charge in [0.2, 0.25) is 0 Å². The molecule has 0 atom stereocenters. The van der Waals surface area contributed by atoms with Crippen molar-refractivity contribution >= 4 is 28.9 Å². The number of hydrogen-bond acceptors (Lipinski definition) is 6. The van der Waals surface area contributed by atoms with Crippen LogP contribution in [0.15, 0.2) is 73.2 Å². The molecular weight excluding hydrogens is 378 g/mol. The predicted molar refractivity (Wildman–Crippen MR) is 118 cm³/mol. The zero-order chi connectivity index (χ0) is 20.9. The van der Waals surface area contributed by atoms with Crippen LogP contribution in [0.3, 0.4) is 0 Å². The highest BCUT2D eigenvalue weighted by atomic mass is 16.1. The monoisotopic (exact) mass is 399 g/mol. The van der Waals surface area contributed by atoms with Gasteiger partial charge in [-0.15, -0.1) is 0 Å². The number of nitrogens with zero attached hydrogens (tertiary/aromatic N) is 4. The SMILES string of the molecule is CNc1cc(-n2nccc2Nc2cc(NC(=O)c3ccccc3)ccc2C)ncn1. The standard InChI is InChI=1S/C22H21N7O/c1-15-8-9-17(27-22(30)16-6-4-3-5-7-16)12-18(15)28-20-10-11-26-29(20)21-13-19(23-2)24-14-25-21/h3-14,28H,1-2H3,(H,27,30)(H,23,24,25). The van der Waals surface area contributed by atoms with Crippen molar-refractivity contribution in [2.24, 2.45) is 0 Å². The first-order valence-electron chi connectivity index (χ1n) is 9.42. The normalized spacial score (nSPS) is 10.5. The molecule has 8 heteroatoms. The second-order valence-electron chi connectivity index (χ2n) is 6.61. The molecule has 3 N–H and O–H groups in total. The lowest BCUT2D eigenvalue weighted by Crippen LogP contribution is -2.12. The van der Waals surface area contributed by atoms with Crippen LogP contribution in [0.1, 0.15) is 15.9 Å². The van der Waals surface area contributed by atoms with E-state index in [1.54, 1.807) is 30.1 Å². The summed E-state index contributed by atoms with van der Waals surface area (Å²) in [5.41, 5.74) is 3.18. The minimum Gasteiger partial charge on any atom is -0.373 e. The maximum Gasteiger partial charge on any atom is 0.255 e. The van der Waals surface area contributed by atoms with Crippen molar-refractivity contribution in [3.05, 3.63) is 84.3 Å². The number of hydrogen-bond donors (Lipinski definition) is 3. The van der Waals surface area contributed by atoms with Gasteiger partial charge in [-0.05, 0) is 36.8 Å². The van der Waals surface area contributed by atoms with Crippen molar-refractivity contribution in [2.45, 2.75) is 6.92 Å². The molecule has 0 radical (unpaired) electrons. The molecule has 0 bridgehead atoms. The van der Waals surface area contributed by atoms with Gasteiger partial charge in [0.1, 0.15) is 18.0 Å². The van der Waals surface area contributed by atoms with Crippen LogP contribution in [0, 0.1) is 6.92 Å². The van der Waals surface area contributed by atoms with E-state index in [-0.39, 0.29) is 5.91 Å². The topological polar surface area (TPSA) is 96.8 Å². The van der Waals surface area contributed by atoms with E-state index in [0.717, 1.165) is 17.1 Å². The van der Waals surface area contributed by atoms with Gasteiger partial charge in [-0.1, -0.05) is 24.3 Å². The van der Waals surface area contributed by atoms with Gasteiger partial charge in [-0.3, -0.25) is 4.79 Å². The molecule has 30 heavy (non-hydrogen) atoms. The quantitative estimate of drug-likeness (QED) is 0.453. The average molecular weight is 399 g/mol. The van der Waals surface area contributed by atoms with Crippen LogP contribution in [0.5, 0.6) is 0 Å². The summed E-state index contributed by atoms with van der Waals surface area (Å²) in [6, 6.07) is 18.5. The van der Waals surface area contributed by atoms with Crippen LogP contribution >= 0.6 is 0 Å². The van der Waals surface area contributed by atoms with Crippen molar-refractivity contribution in [1.29, 1.82) is 0 Å². The molecule has 0 spiro atoms. The van der Waals surface area contributed by atoms with Crippen molar-refractivity contribution in [3.63, 3.8) is 0 Å². The number of benzene rings is 2. The summed E-state index contributed by atoms with van der Waals surface area (Å²) in [4.78, 5) is 20.9. The molecule has 0 saturated carbocycles. The summed E-state index contributed by atoms with van der Waals surface area (Å²) in [5, 5.41) is 13.7. The second-order valence-corrected chi connectivity index (χ2v) is 6.61. The van der Waals surface area contributed by atoms with E-state index in [4.69, 9.17) is 0 Å². The molecule has 4 rings (SSSR count). The molecule has 0 aliphatic carbocycles. The van der Waals surface area contributed by atoms with Gasteiger partial charge < -0.3 is 16.0 Å². The van der Waals surface area contributed by atoms with E-state index in [2.05, 4.69) is 31.0 Å². The maximum atomic E-state index is 12.5. The smallest absolute Gasteiger partial charge is 0.255 e. The highest BCUT2D eigenvalue weighted by molar-refractivity contribution is 6.04. The van der Waals surface area contributed by atoms with Crippen LogP contribution in [-0.2, 0) is 0 Å². The van der Waals surface area contributed by atoms with Gasteiger partial charge in [0.15, 0.2) is 5.82 Å². The van der Waals surface area contributed by atoms with Gasteiger partial charge in [-0.25, -0.2) is 9.97 Å². The fourth-order valence-corrected chi connectivity index (χ4v) is 2.95. The number of aromatic nitrogens is 4. The number of aryl methyl sites for hydroxylation is 1. The van der Waals surface area contributed by atoms with Crippen molar-refractivity contribution < 1.29 is 4.79 Å². The molecule has 0 saturated heterocycles. The molecule has 0 aliphatic rings. The van der Waals surface area contributed by atoms with Crippen molar-refractivity contribution in [1.82, 2.24) is 19.7 Å². The Morgan fingerprint density at radius 3 is 2.63 bits per heavy atom. The number of carbonyl (C=O) groups is 1. The summed E-state index contributed by atoms with van der Waals surface area (Å²) in [6.07, 6.45) is 3.18. The average Bonchev–Trinajstić information content (AvgIpc) is 3.25.